The second-order valence-electron chi connectivity index (χ2n) is 6.20. The maximum absolute atomic E-state index is 12.5. The summed E-state index contributed by atoms with van der Waals surface area (Å²) < 4.78 is 10.9. The van der Waals surface area contributed by atoms with Gasteiger partial charge in [-0.05, 0) is 31.2 Å². The second-order valence-corrected chi connectivity index (χ2v) is 6.20. The number of rotatable bonds is 8. The molecule has 2 heterocycles. The first-order valence-corrected chi connectivity index (χ1v) is 9.29. The van der Waals surface area contributed by atoms with Crippen molar-refractivity contribution in [2.45, 2.75) is 6.92 Å². The van der Waals surface area contributed by atoms with E-state index in [9.17, 15) is 4.79 Å². The van der Waals surface area contributed by atoms with E-state index in [1.807, 2.05) is 37.3 Å². The van der Waals surface area contributed by atoms with Gasteiger partial charge in [-0.1, -0.05) is 12.1 Å². The number of aromatic nitrogens is 1. The van der Waals surface area contributed by atoms with E-state index >= 15 is 0 Å². The molecule has 1 fully saturated rings. The molecule has 0 saturated carbocycles. The Morgan fingerprint density at radius 1 is 1.22 bits per heavy atom. The van der Waals surface area contributed by atoms with Gasteiger partial charge in [0.1, 0.15) is 11.6 Å². The Morgan fingerprint density at radius 3 is 2.78 bits per heavy atom. The van der Waals surface area contributed by atoms with Gasteiger partial charge >= 0.3 is 0 Å². The van der Waals surface area contributed by atoms with Crippen LogP contribution in [0.3, 0.4) is 0 Å². The van der Waals surface area contributed by atoms with E-state index in [1.165, 1.54) is 0 Å². The molecular weight excluding hydrogens is 344 g/mol. The molecule has 2 aromatic rings. The van der Waals surface area contributed by atoms with Crippen molar-refractivity contribution in [2.24, 2.45) is 0 Å². The predicted octanol–water partition coefficient (Wildman–Crippen LogP) is 2.48. The highest BCUT2D eigenvalue weighted by atomic mass is 16.5. The molecule has 1 aromatic carbocycles. The van der Waals surface area contributed by atoms with Crippen LogP contribution in [0, 0.1) is 0 Å². The quantitative estimate of drug-likeness (QED) is 0.744. The molecule has 27 heavy (non-hydrogen) atoms. The standard InChI is InChI=1S/C20H26N4O3/c1-2-27-18-6-4-3-5-17(18)23-20(25)16-7-8-19(22-15-16)21-9-10-24-11-13-26-14-12-24/h3-8,15H,2,9-14H2,1H3,(H,21,22)(H,23,25). The molecule has 1 aromatic heterocycles. The third kappa shape index (κ3) is 5.67. The Kier molecular flexibility index (Phi) is 7.01. The van der Waals surface area contributed by atoms with Crippen LogP contribution in [0.15, 0.2) is 42.6 Å². The summed E-state index contributed by atoms with van der Waals surface area (Å²) in [6.45, 7) is 7.74. The first-order valence-electron chi connectivity index (χ1n) is 9.29. The summed E-state index contributed by atoms with van der Waals surface area (Å²) in [5.41, 5.74) is 1.15. The molecular formula is C20H26N4O3. The minimum Gasteiger partial charge on any atom is -0.492 e. The van der Waals surface area contributed by atoms with Crippen molar-refractivity contribution >= 4 is 17.4 Å². The zero-order chi connectivity index (χ0) is 18.9. The molecule has 0 spiro atoms. The summed E-state index contributed by atoms with van der Waals surface area (Å²) in [4.78, 5) is 19.1. The fourth-order valence-electron chi connectivity index (χ4n) is 2.85. The van der Waals surface area contributed by atoms with Crippen LogP contribution in [0.4, 0.5) is 11.5 Å². The number of nitrogens with one attached hydrogen (secondary N) is 2. The van der Waals surface area contributed by atoms with E-state index < -0.39 is 0 Å². The van der Waals surface area contributed by atoms with Crippen LogP contribution < -0.4 is 15.4 Å². The van der Waals surface area contributed by atoms with Gasteiger partial charge in [0.05, 0.1) is 31.1 Å². The normalized spacial score (nSPS) is 14.6. The average molecular weight is 370 g/mol. The predicted molar refractivity (Wildman–Crippen MR) is 106 cm³/mol. The maximum atomic E-state index is 12.5. The summed E-state index contributed by atoms with van der Waals surface area (Å²) in [7, 11) is 0. The number of hydrogen-bond acceptors (Lipinski definition) is 6. The number of carbonyl (C=O) groups is 1. The minimum absolute atomic E-state index is 0.213. The summed E-state index contributed by atoms with van der Waals surface area (Å²) in [5, 5.41) is 6.16. The van der Waals surface area contributed by atoms with Crippen LogP contribution in [0.25, 0.3) is 0 Å². The van der Waals surface area contributed by atoms with Crippen molar-refractivity contribution in [3.05, 3.63) is 48.2 Å². The van der Waals surface area contributed by atoms with Gasteiger partial charge in [-0.3, -0.25) is 9.69 Å². The number of morpholine rings is 1. The molecule has 0 atom stereocenters. The van der Waals surface area contributed by atoms with Crippen molar-refractivity contribution < 1.29 is 14.3 Å². The topological polar surface area (TPSA) is 75.7 Å². The highest BCUT2D eigenvalue weighted by Gasteiger charge is 2.11. The van der Waals surface area contributed by atoms with Crippen LogP contribution in [0.1, 0.15) is 17.3 Å². The maximum Gasteiger partial charge on any atom is 0.257 e. The van der Waals surface area contributed by atoms with Crippen LogP contribution in [0.2, 0.25) is 0 Å². The lowest BCUT2D eigenvalue weighted by atomic mass is 10.2. The fraction of sp³-hybridized carbons (Fsp3) is 0.400. The summed E-state index contributed by atoms with van der Waals surface area (Å²) in [6.07, 6.45) is 1.58. The van der Waals surface area contributed by atoms with E-state index in [-0.39, 0.29) is 5.91 Å². The minimum atomic E-state index is -0.213. The van der Waals surface area contributed by atoms with Gasteiger partial charge in [-0.2, -0.15) is 0 Å². The van der Waals surface area contributed by atoms with Gasteiger partial charge < -0.3 is 20.1 Å². The average Bonchev–Trinajstić information content (AvgIpc) is 2.71. The highest BCUT2D eigenvalue weighted by Crippen LogP contribution is 2.24. The molecule has 2 N–H and O–H groups in total. The molecule has 0 radical (unpaired) electrons. The number of nitrogens with zero attached hydrogens (tertiary/aromatic N) is 2. The number of amides is 1. The third-order valence-corrected chi connectivity index (χ3v) is 4.30. The molecule has 0 aliphatic carbocycles. The first kappa shape index (κ1) is 19.1. The van der Waals surface area contributed by atoms with Gasteiger partial charge in [0.15, 0.2) is 0 Å². The van der Waals surface area contributed by atoms with Gasteiger partial charge in [0, 0.05) is 32.4 Å². The number of carbonyl (C=O) groups excluding carboxylic acids is 1. The number of ether oxygens (including phenoxy) is 2. The zero-order valence-corrected chi connectivity index (χ0v) is 15.6. The van der Waals surface area contributed by atoms with Gasteiger partial charge in [-0.15, -0.1) is 0 Å². The van der Waals surface area contributed by atoms with Crippen LogP contribution in [0.5, 0.6) is 5.75 Å². The van der Waals surface area contributed by atoms with Crippen LogP contribution in [-0.2, 0) is 4.74 Å². The van der Waals surface area contributed by atoms with Gasteiger partial charge in [0.2, 0.25) is 0 Å². The summed E-state index contributed by atoms with van der Waals surface area (Å²) in [5.74, 6) is 1.20. The molecule has 1 amide bonds. The number of benzene rings is 1. The van der Waals surface area contributed by atoms with Crippen molar-refractivity contribution in [1.82, 2.24) is 9.88 Å². The number of hydrogen-bond donors (Lipinski definition) is 2. The fourth-order valence-corrected chi connectivity index (χ4v) is 2.85. The van der Waals surface area contributed by atoms with E-state index in [2.05, 4.69) is 20.5 Å². The van der Waals surface area contributed by atoms with Crippen molar-refractivity contribution in [3.8, 4) is 5.75 Å². The van der Waals surface area contributed by atoms with Crippen LogP contribution >= 0.6 is 0 Å². The Bertz CT molecular complexity index is 730. The monoisotopic (exact) mass is 370 g/mol. The van der Waals surface area contributed by atoms with Crippen molar-refractivity contribution in [1.29, 1.82) is 0 Å². The smallest absolute Gasteiger partial charge is 0.257 e. The summed E-state index contributed by atoms with van der Waals surface area (Å²) in [6, 6.07) is 11.0. The summed E-state index contributed by atoms with van der Waals surface area (Å²) >= 11 is 0. The largest absolute Gasteiger partial charge is 0.492 e. The molecule has 1 aliphatic rings. The molecule has 1 aliphatic heterocycles. The van der Waals surface area contributed by atoms with Gasteiger partial charge in [-0.25, -0.2) is 4.98 Å². The first-order chi connectivity index (χ1) is 13.3. The van der Waals surface area contributed by atoms with Crippen molar-refractivity contribution in [2.75, 3.05) is 56.6 Å². The number of para-hydroxylation sites is 2. The SMILES string of the molecule is CCOc1ccccc1NC(=O)c1ccc(NCCN2CCOCC2)nc1. The molecule has 144 valence electrons. The zero-order valence-electron chi connectivity index (χ0n) is 15.6. The lowest BCUT2D eigenvalue weighted by Crippen LogP contribution is -2.39. The molecule has 3 rings (SSSR count). The number of anilines is 2. The van der Waals surface area contributed by atoms with Crippen LogP contribution in [-0.4, -0.2) is 61.8 Å². The highest BCUT2D eigenvalue weighted by molar-refractivity contribution is 6.04. The molecule has 0 unspecified atom stereocenters. The van der Waals surface area contributed by atoms with E-state index in [0.717, 1.165) is 45.2 Å². The Hall–Kier alpha value is -2.64. The third-order valence-electron chi connectivity index (χ3n) is 4.30. The molecule has 7 heteroatoms. The molecule has 1 saturated heterocycles. The van der Waals surface area contributed by atoms with Gasteiger partial charge in [0.25, 0.3) is 5.91 Å². The Balaban J connectivity index is 1.51. The Labute approximate surface area is 159 Å². The van der Waals surface area contributed by atoms with E-state index in [4.69, 9.17) is 9.47 Å². The van der Waals surface area contributed by atoms with Crippen molar-refractivity contribution in [3.63, 3.8) is 0 Å². The number of pyridine rings is 1. The van der Waals surface area contributed by atoms with E-state index in [0.29, 0.717) is 23.6 Å². The molecule has 0 bridgehead atoms. The Morgan fingerprint density at radius 2 is 2.04 bits per heavy atom. The molecule has 7 nitrogen and oxygen atoms in total. The lowest BCUT2D eigenvalue weighted by molar-refractivity contribution is 0.0398. The lowest BCUT2D eigenvalue weighted by Gasteiger charge is -2.26. The van der Waals surface area contributed by atoms with E-state index in [1.54, 1.807) is 12.3 Å². The second kappa shape index (κ2) is 9.89.